The first kappa shape index (κ1) is 18.7. The van der Waals surface area contributed by atoms with Crippen molar-refractivity contribution in [3.63, 3.8) is 0 Å². The fourth-order valence-corrected chi connectivity index (χ4v) is 3.59. The van der Waals surface area contributed by atoms with Crippen LogP contribution >= 0.6 is 23.4 Å². The van der Waals surface area contributed by atoms with Crippen molar-refractivity contribution in [1.82, 2.24) is 0 Å². The number of methoxy groups -OCH3 is 1. The number of halogens is 1. The third-order valence-corrected chi connectivity index (χ3v) is 5.18. The lowest BCUT2D eigenvalue weighted by Crippen LogP contribution is -2.04. The zero-order valence-electron chi connectivity index (χ0n) is 14.4. The van der Waals surface area contributed by atoms with Gasteiger partial charge in [0.1, 0.15) is 17.2 Å². The van der Waals surface area contributed by atoms with Crippen LogP contribution < -0.4 is 9.47 Å². The van der Waals surface area contributed by atoms with Gasteiger partial charge in [-0.15, -0.1) is 11.8 Å². The number of allylic oxidation sites excluding steroid dienone is 1. The molecule has 26 heavy (non-hydrogen) atoms. The third kappa shape index (κ3) is 5.19. The monoisotopic (exact) mass is 390 g/mol. The van der Waals surface area contributed by atoms with Crippen molar-refractivity contribution in [1.29, 1.82) is 0 Å². The van der Waals surface area contributed by atoms with Crippen molar-refractivity contribution in [2.45, 2.75) is 12.8 Å². The average Bonchev–Trinajstić information content (AvgIpc) is 3.16. The fraction of sp³-hybridized carbons (Fsp3) is 0.250. The number of esters is 1. The van der Waals surface area contributed by atoms with E-state index in [-0.39, 0.29) is 0 Å². The van der Waals surface area contributed by atoms with E-state index in [1.165, 1.54) is 12.0 Å². The summed E-state index contributed by atoms with van der Waals surface area (Å²) in [5.74, 6) is 2.40. The minimum Gasteiger partial charge on any atom is -0.493 e. The molecular weight excluding hydrogens is 372 g/mol. The Kier molecular flexibility index (Phi) is 6.47. The second-order valence-electron chi connectivity index (χ2n) is 5.65. The largest absolute Gasteiger partial charge is 0.493 e. The summed E-state index contributed by atoms with van der Waals surface area (Å²) in [6.07, 6.45) is 4.23. The summed E-state index contributed by atoms with van der Waals surface area (Å²) in [7, 11) is 1.35. The SMILES string of the molecule is COC(=O)c1cc(OCCC2=CCCS2)cc(Oc2ccc(Cl)cc2)c1. The molecule has 3 rings (SSSR count). The van der Waals surface area contributed by atoms with Crippen molar-refractivity contribution in [3.8, 4) is 17.2 Å². The van der Waals surface area contributed by atoms with Crippen LogP contribution in [0.15, 0.2) is 53.4 Å². The fourth-order valence-electron chi connectivity index (χ4n) is 2.50. The highest BCUT2D eigenvalue weighted by molar-refractivity contribution is 8.03. The molecule has 1 heterocycles. The van der Waals surface area contributed by atoms with Crippen LogP contribution in [0.5, 0.6) is 17.2 Å². The van der Waals surface area contributed by atoms with Gasteiger partial charge in [0, 0.05) is 23.3 Å². The Labute approximate surface area is 162 Å². The first-order chi connectivity index (χ1) is 12.6. The van der Waals surface area contributed by atoms with Gasteiger partial charge in [-0.2, -0.15) is 0 Å². The second-order valence-corrected chi connectivity index (χ2v) is 7.30. The molecular formula is C20H19ClO4S. The summed E-state index contributed by atoms with van der Waals surface area (Å²) in [6.45, 7) is 0.545. The Morgan fingerprint density at radius 2 is 1.88 bits per heavy atom. The molecule has 6 heteroatoms. The summed E-state index contributed by atoms with van der Waals surface area (Å²) in [5.41, 5.74) is 0.378. The van der Waals surface area contributed by atoms with E-state index in [4.69, 9.17) is 25.8 Å². The maximum atomic E-state index is 11.9. The molecule has 4 nitrogen and oxygen atoms in total. The van der Waals surface area contributed by atoms with Gasteiger partial charge in [-0.3, -0.25) is 0 Å². The number of rotatable bonds is 7. The molecule has 0 atom stereocenters. The molecule has 0 unspecified atom stereocenters. The number of carbonyl (C=O) groups is 1. The number of ether oxygens (including phenoxy) is 3. The maximum absolute atomic E-state index is 11.9. The molecule has 0 spiro atoms. The molecule has 0 saturated heterocycles. The molecule has 0 aromatic heterocycles. The molecule has 2 aromatic rings. The molecule has 136 valence electrons. The average molecular weight is 391 g/mol. The Morgan fingerprint density at radius 1 is 1.12 bits per heavy atom. The Hall–Kier alpha value is -2.11. The first-order valence-electron chi connectivity index (χ1n) is 8.25. The summed E-state index contributed by atoms with van der Waals surface area (Å²) >= 11 is 7.76. The summed E-state index contributed by atoms with van der Waals surface area (Å²) in [5, 5.41) is 0.628. The lowest BCUT2D eigenvalue weighted by molar-refractivity contribution is 0.0600. The quantitative estimate of drug-likeness (QED) is 0.566. The molecule has 0 fully saturated rings. The van der Waals surface area contributed by atoms with Gasteiger partial charge >= 0.3 is 5.97 Å². The molecule has 0 N–H and O–H groups in total. The van der Waals surface area contributed by atoms with Crippen molar-refractivity contribution < 1.29 is 19.0 Å². The highest BCUT2D eigenvalue weighted by atomic mass is 35.5. The lowest BCUT2D eigenvalue weighted by atomic mass is 10.2. The number of benzene rings is 2. The molecule has 0 radical (unpaired) electrons. The topological polar surface area (TPSA) is 44.8 Å². The van der Waals surface area contributed by atoms with Gasteiger partial charge in [-0.1, -0.05) is 17.7 Å². The number of hydrogen-bond acceptors (Lipinski definition) is 5. The van der Waals surface area contributed by atoms with Crippen LogP contribution in [0.4, 0.5) is 0 Å². The standard InChI is InChI=1S/C20H19ClO4S/c1-23-20(22)14-11-17(24-9-8-19-3-2-10-26-19)13-18(12-14)25-16-6-4-15(21)5-7-16/h3-7,11-13H,2,8-10H2,1H3. The first-order valence-corrected chi connectivity index (χ1v) is 9.62. The smallest absolute Gasteiger partial charge is 0.338 e. The zero-order valence-corrected chi connectivity index (χ0v) is 15.9. The Morgan fingerprint density at radius 3 is 2.58 bits per heavy atom. The predicted molar refractivity (Wildman–Crippen MR) is 105 cm³/mol. The second kappa shape index (κ2) is 9.01. The van der Waals surface area contributed by atoms with Gasteiger partial charge in [0.15, 0.2) is 0 Å². The molecule has 0 aliphatic carbocycles. The van der Waals surface area contributed by atoms with Crippen LogP contribution in [0.2, 0.25) is 5.02 Å². The lowest BCUT2D eigenvalue weighted by Gasteiger charge is -2.12. The van der Waals surface area contributed by atoms with Crippen molar-refractivity contribution in [2.24, 2.45) is 0 Å². The van der Waals surface area contributed by atoms with Crippen LogP contribution in [0.3, 0.4) is 0 Å². The minimum atomic E-state index is -0.439. The highest BCUT2D eigenvalue weighted by Gasteiger charge is 2.12. The number of thioether (sulfide) groups is 1. The van der Waals surface area contributed by atoms with Crippen molar-refractivity contribution >= 4 is 29.3 Å². The van der Waals surface area contributed by atoms with Crippen LogP contribution in [-0.2, 0) is 4.74 Å². The number of hydrogen-bond donors (Lipinski definition) is 0. The number of carbonyl (C=O) groups excluding carboxylic acids is 1. The van der Waals surface area contributed by atoms with E-state index in [9.17, 15) is 4.79 Å². The minimum absolute atomic E-state index is 0.378. The summed E-state index contributed by atoms with van der Waals surface area (Å²) in [4.78, 5) is 13.3. The molecule has 1 aliphatic heterocycles. The molecule has 1 aliphatic rings. The van der Waals surface area contributed by atoms with E-state index >= 15 is 0 Å². The van der Waals surface area contributed by atoms with Crippen LogP contribution in [0, 0.1) is 0 Å². The van der Waals surface area contributed by atoms with Gasteiger partial charge in [0.05, 0.1) is 19.3 Å². The van der Waals surface area contributed by atoms with Gasteiger partial charge in [-0.05, 0) is 47.7 Å². The van der Waals surface area contributed by atoms with Gasteiger partial charge in [0.25, 0.3) is 0 Å². The molecule has 0 saturated carbocycles. The van der Waals surface area contributed by atoms with Crippen molar-refractivity contribution in [3.05, 3.63) is 64.0 Å². The van der Waals surface area contributed by atoms with E-state index < -0.39 is 5.97 Å². The van der Waals surface area contributed by atoms with E-state index in [0.29, 0.717) is 34.4 Å². The third-order valence-electron chi connectivity index (χ3n) is 3.74. The van der Waals surface area contributed by atoms with Crippen LogP contribution in [0.1, 0.15) is 23.2 Å². The Bertz CT molecular complexity index is 802. The van der Waals surface area contributed by atoms with Gasteiger partial charge in [0.2, 0.25) is 0 Å². The molecule has 0 bridgehead atoms. The molecule has 2 aromatic carbocycles. The van der Waals surface area contributed by atoms with E-state index in [0.717, 1.165) is 18.6 Å². The van der Waals surface area contributed by atoms with E-state index in [1.807, 2.05) is 11.8 Å². The van der Waals surface area contributed by atoms with Gasteiger partial charge in [-0.25, -0.2) is 4.79 Å². The molecule has 0 amide bonds. The van der Waals surface area contributed by atoms with E-state index in [2.05, 4.69) is 6.08 Å². The van der Waals surface area contributed by atoms with Crippen molar-refractivity contribution in [2.75, 3.05) is 19.5 Å². The normalized spacial score (nSPS) is 13.2. The van der Waals surface area contributed by atoms with Crippen LogP contribution in [-0.4, -0.2) is 25.4 Å². The van der Waals surface area contributed by atoms with Crippen LogP contribution in [0.25, 0.3) is 0 Å². The maximum Gasteiger partial charge on any atom is 0.338 e. The summed E-state index contributed by atoms with van der Waals surface area (Å²) in [6, 6.07) is 12.1. The predicted octanol–water partition coefficient (Wildman–Crippen LogP) is 5.71. The Balaban J connectivity index is 1.74. The van der Waals surface area contributed by atoms with E-state index in [1.54, 1.807) is 42.5 Å². The highest BCUT2D eigenvalue weighted by Crippen LogP contribution is 2.30. The summed E-state index contributed by atoms with van der Waals surface area (Å²) < 4.78 is 16.5. The zero-order chi connectivity index (χ0) is 18.4. The van der Waals surface area contributed by atoms with Gasteiger partial charge < -0.3 is 14.2 Å².